The molecule has 2 rings (SSSR count). The van der Waals surface area contributed by atoms with Crippen molar-refractivity contribution in [1.82, 2.24) is 9.78 Å². The molecule has 7 nitrogen and oxygen atoms in total. The number of aryl methyl sites for hydroxylation is 1. The van der Waals surface area contributed by atoms with Gasteiger partial charge in [0, 0.05) is 13.2 Å². The SMILES string of the molecule is CCOc1cccc(NCc2ccnn2C)c1[N+](=O)[O-]. The molecule has 0 aliphatic rings. The van der Waals surface area contributed by atoms with E-state index in [9.17, 15) is 10.1 Å². The lowest BCUT2D eigenvalue weighted by Crippen LogP contribution is -2.08. The summed E-state index contributed by atoms with van der Waals surface area (Å²) in [6, 6.07) is 6.84. The van der Waals surface area contributed by atoms with Crippen LogP contribution in [-0.4, -0.2) is 21.3 Å². The Bertz CT molecular complexity index is 609. The third kappa shape index (κ3) is 2.87. The van der Waals surface area contributed by atoms with Crippen LogP contribution in [0.2, 0.25) is 0 Å². The number of rotatable bonds is 6. The van der Waals surface area contributed by atoms with Crippen molar-refractivity contribution in [1.29, 1.82) is 0 Å². The lowest BCUT2D eigenvalue weighted by atomic mass is 10.2. The molecule has 0 atom stereocenters. The number of para-hydroxylation sites is 1. The second kappa shape index (κ2) is 6.05. The molecule has 1 aromatic carbocycles. The van der Waals surface area contributed by atoms with Crippen LogP contribution in [0.15, 0.2) is 30.5 Å². The number of anilines is 1. The molecule has 7 heteroatoms. The molecule has 1 heterocycles. The lowest BCUT2D eigenvalue weighted by molar-refractivity contribution is -0.384. The van der Waals surface area contributed by atoms with Crippen LogP contribution >= 0.6 is 0 Å². The third-order valence-corrected chi connectivity index (χ3v) is 2.86. The monoisotopic (exact) mass is 276 g/mol. The highest BCUT2D eigenvalue weighted by Gasteiger charge is 2.20. The Morgan fingerprint density at radius 1 is 1.45 bits per heavy atom. The average molecular weight is 276 g/mol. The minimum Gasteiger partial charge on any atom is -0.487 e. The molecule has 0 saturated carbocycles. The molecular formula is C13H16N4O3. The van der Waals surface area contributed by atoms with Crippen LogP contribution in [0.5, 0.6) is 5.75 Å². The van der Waals surface area contributed by atoms with Crippen molar-refractivity contribution in [2.24, 2.45) is 7.05 Å². The number of nitro groups is 1. The number of nitrogens with one attached hydrogen (secondary N) is 1. The summed E-state index contributed by atoms with van der Waals surface area (Å²) in [4.78, 5) is 10.8. The van der Waals surface area contributed by atoms with Crippen molar-refractivity contribution in [3.05, 3.63) is 46.3 Å². The highest BCUT2D eigenvalue weighted by molar-refractivity contribution is 5.68. The standard InChI is InChI=1S/C13H16N4O3/c1-3-20-12-6-4-5-11(13(12)17(18)19)14-9-10-7-8-15-16(10)2/h4-8,14H,3,9H2,1-2H3. The fourth-order valence-corrected chi connectivity index (χ4v) is 1.89. The molecule has 2 aromatic rings. The number of hydrogen-bond acceptors (Lipinski definition) is 5. The Morgan fingerprint density at radius 3 is 2.85 bits per heavy atom. The quantitative estimate of drug-likeness (QED) is 0.646. The van der Waals surface area contributed by atoms with Gasteiger partial charge < -0.3 is 10.1 Å². The zero-order valence-corrected chi connectivity index (χ0v) is 11.4. The molecular weight excluding hydrogens is 260 g/mol. The molecule has 0 aliphatic carbocycles. The van der Waals surface area contributed by atoms with Crippen molar-refractivity contribution in [2.75, 3.05) is 11.9 Å². The van der Waals surface area contributed by atoms with Crippen LogP contribution in [0, 0.1) is 10.1 Å². The second-order valence-electron chi connectivity index (χ2n) is 4.14. The largest absolute Gasteiger partial charge is 0.487 e. The summed E-state index contributed by atoms with van der Waals surface area (Å²) in [5.74, 6) is 0.271. The summed E-state index contributed by atoms with van der Waals surface area (Å²) < 4.78 is 7.01. The number of benzene rings is 1. The Morgan fingerprint density at radius 2 is 2.25 bits per heavy atom. The maximum absolute atomic E-state index is 11.2. The van der Waals surface area contributed by atoms with Crippen LogP contribution in [0.4, 0.5) is 11.4 Å². The highest BCUT2D eigenvalue weighted by Crippen LogP contribution is 2.34. The zero-order chi connectivity index (χ0) is 14.5. The number of hydrogen-bond donors (Lipinski definition) is 1. The van der Waals surface area contributed by atoms with E-state index in [4.69, 9.17) is 4.74 Å². The van der Waals surface area contributed by atoms with E-state index in [1.165, 1.54) is 0 Å². The molecule has 0 fully saturated rings. The smallest absolute Gasteiger partial charge is 0.333 e. The van der Waals surface area contributed by atoms with Gasteiger partial charge in [0.25, 0.3) is 0 Å². The third-order valence-electron chi connectivity index (χ3n) is 2.86. The van der Waals surface area contributed by atoms with Crippen molar-refractivity contribution in [3.8, 4) is 5.75 Å². The van der Waals surface area contributed by atoms with E-state index in [0.29, 0.717) is 18.8 Å². The van der Waals surface area contributed by atoms with Gasteiger partial charge in [-0.25, -0.2) is 0 Å². The molecule has 0 saturated heterocycles. The van der Waals surface area contributed by atoms with Gasteiger partial charge in [0.2, 0.25) is 0 Å². The molecule has 0 amide bonds. The van der Waals surface area contributed by atoms with Crippen LogP contribution < -0.4 is 10.1 Å². The number of ether oxygens (including phenoxy) is 1. The molecule has 0 aliphatic heterocycles. The van der Waals surface area contributed by atoms with Crippen LogP contribution in [-0.2, 0) is 13.6 Å². The number of aromatic nitrogens is 2. The van der Waals surface area contributed by atoms with Gasteiger partial charge in [0.05, 0.1) is 23.8 Å². The molecule has 1 aromatic heterocycles. The number of nitro benzene ring substituents is 1. The van der Waals surface area contributed by atoms with Gasteiger partial charge in [0.1, 0.15) is 5.69 Å². The summed E-state index contributed by atoms with van der Waals surface area (Å²) in [5, 5.41) is 18.3. The van der Waals surface area contributed by atoms with Gasteiger partial charge >= 0.3 is 5.69 Å². The summed E-state index contributed by atoms with van der Waals surface area (Å²) in [7, 11) is 1.82. The van der Waals surface area contributed by atoms with Crippen LogP contribution in [0.1, 0.15) is 12.6 Å². The normalized spacial score (nSPS) is 10.3. The zero-order valence-electron chi connectivity index (χ0n) is 11.4. The summed E-state index contributed by atoms with van der Waals surface area (Å²) in [5.41, 5.74) is 1.32. The predicted molar refractivity (Wildman–Crippen MR) is 74.8 cm³/mol. The van der Waals surface area contributed by atoms with E-state index in [1.54, 1.807) is 36.0 Å². The summed E-state index contributed by atoms with van der Waals surface area (Å²) in [6.07, 6.45) is 1.68. The molecule has 0 bridgehead atoms. The van der Waals surface area contributed by atoms with E-state index in [0.717, 1.165) is 5.69 Å². The fraction of sp³-hybridized carbons (Fsp3) is 0.308. The second-order valence-corrected chi connectivity index (χ2v) is 4.14. The van der Waals surface area contributed by atoms with E-state index < -0.39 is 4.92 Å². The van der Waals surface area contributed by atoms with Crippen LogP contribution in [0.3, 0.4) is 0 Å². The van der Waals surface area contributed by atoms with Gasteiger partial charge in [-0.3, -0.25) is 14.8 Å². The Kier molecular flexibility index (Phi) is 4.19. The minimum absolute atomic E-state index is 0.0449. The molecule has 20 heavy (non-hydrogen) atoms. The summed E-state index contributed by atoms with van der Waals surface area (Å²) in [6.45, 7) is 2.62. The fourth-order valence-electron chi connectivity index (χ4n) is 1.89. The average Bonchev–Trinajstić information content (AvgIpc) is 2.82. The van der Waals surface area contributed by atoms with Gasteiger partial charge in [-0.2, -0.15) is 5.10 Å². The van der Waals surface area contributed by atoms with Gasteiger partial charge in [-0.15, -0.1) is 0 Å². The Balaban J connectivity index is 2.24. The van der Waals surface area contributed by atoms with E-state index in [-0.39, 0.29) is 11.4 Å². The Labute approximate surface area is 116 Å². The highest BCUT2D eigenvalue weighted by atomic mass is 16.6. The van der Waals surface area contributed by atoms with Crippen LogP contribution in [0.25, 0.3) is 0 Å². The lowest BCUT2D eigenvalue weighted by Gasteiger charge is -2.10. The summed E-state index contributed by atoms with van der Waals surface area (Å²) >= 11 is 0. The van der Waals surface area contributed by atoms with Crippen molar-refractivity contribution < 1.29 is 9.66 Å². The molecule has 1 N–H and O–H groups in total. The van der Waals surface area contributed by atoms with E-state index in [1.807, 2.05) is 13.1 Å². The number of nitrogens with zero attached hydrogens (tertiary/aromatic N) is 3. The van der Waals surface area contributed by atoms with Crippen molar-refractivity contribution in [2.45, 2.75) is 13.5 Å². The first-order valence-electron chi connectivity index (χ1n) is 6.24. The molecule has 0 spiro atoms. The van der Waals surface area contributed by atoms with Gasteiger partial charge in [0.15, 0.2) is 5.75 Å². The molecule has 0 radical (unpaired) electrons. The first-order valence-corrected chi connectivity index (χ1v) is 6.24. The molecule has 0 unspecified atom stereocenters. The van der Waals surface area contributed by atoms with E-state index >= 15 is 0 Å². The van der Waals surface area contributed by atoms with E-state index in [2.05, 4.69) is 10.4 Å². The maximum atomic E-state index is 11.2. The topological polar surface area (TPSA) is 82.2 Å². The Hall–Kier alpha value is -2.57. The van der Waals surface area contributed by atoms with Gasteiger partial charge in [-0.1, -0.05) is 6.07 Å². The predicted octanol–water partition coefficient (Wildman–Crippen LogP) is 2.34. The maximum Gasteiger partial charge on any atom is 0.333 e. The van der Waals surface area contributed by atoms with Crippen molar-refractivity contribution in [3.63, 3.8) is 0 Å². The molecule has 106 valence electrons. The first-order chi connectivity index (χ1) is 9.63. The van der Waals surface area contributed by atoms with Crippen molar-refractivity contribution >= 4 is 11.4 Å². The van der Waals surface area contributed by atoms with Gasteiger partial charge in [-0.05, 0) is 25.1 Å². The first kappa shape index (κ1) is 13.9. The minimum atomic E-state index is -0.434.